The van der Waals surface area contributed by atoms with Crippen molar-refractivity contribution in [1.82, 2.24) is 15.6 Å². The monoisotopic (exact) mass is 229 g/mol. The second-order valence-electron chi connectivity index (χ2n) is 2.91. The van der Waals surface area contributed by atoms with E-state index >= 15 is 0 Å². The minimum atomic E-state index is -0.353. The zero-order valence-electron chi connectivity index (χ0n) is 8.05. The van der Waals surface area contributed by atoms with Gasteiger partial charge in [-0.25, -0.2) is 0 Å². The van der Waals surface area contributed by atoms with E-state index in [2.05, 4.69) is 15.6 Å². The number of nitrogens with one attached hydrogen (secondary N) is 3. The highest BCUT2D eigenvalue weighted by Gasteiger charge is 2.03. The van der Waals surface area contributed by atoms with Gasteiger partial charge in [0.25, 0.3) is 0 Å². The predicted octanol–water partition coefficient (Wildman–Crippen LogP) is -0.0141. The Morgan fingerprint density at radius 3 is 2.73 bits per heavy atom. The van der Waals surface area contributed by atoms with Crippen LogP contribution in [0.25, 0.3) is 0 Å². The molecule has 1 heterocycles. The third-order valence-corrected chi connectivity index (χ3v) is 1.96. The van der Waals surface area contributed by atoms with Gasteiger partial charge >= 0.3 is 0 Å². The molecule has 1 rings (SSSR count). The summed E-state index contributed by atoms with van der Waals surface area (Å²) in [4.78, 5) is 24.8. The van der Waals surface area contributed by atoms with Crippen LogP contribution in [0.1, 0.15) is 5.56 Å². The molecule has 6 heteroatoms. The number of carbonyl (C=O) groups excluding carboxylic acids is 2. The third-order valence-electron chi connectivity index (χ3n) is 1.72. The van der Waals surface area contributed by atoms with Gasteiger partial charge in [0.1, 0.15) is 5.88 Å². The SMILES string of the molecule is O=C(CCl)NCC(=O)NCc1cc[nH]c1. The Bertz CT molecular complexity index is 324. The van der Waals surface area contributed by atoms with E-state index in [9.17, 15) is 9.59 Å². The number of amides is 2. The molecule has 1 aromatic heterocycles. The zero-order valence-corrected chi connectivity index (χ0v) is 8.80. The summed E-state index contributed by atoms with van der Waals surface area (Å²) in [5, 5.41) is 5.02. The molecule has 0 fully saturated rings. The van der Waals surface area contributed by atoms with E-state index in [4.69, 9.17) is 11.6 Å². The molecule has 0 aliphatic carbocycles. The normalized spacial score (nSPS) is 9.67. The molecular formula is C9H12ClN3O2. The Balaban J connectivity index is 2.16. The fourth-order valence-corrected chi connectivity index (χ4v) is 1.05. The summed E-state index contributed by atoms with van der Waals surface area (Å²) in [5.41, 5.74) is 0.979. The Labute approximate surface area is 92.2 Å². The number of carbonyl (C=O) groups is 2. The minimum Gasteiger partial charge on any atom is -0.367 e. The van der Waals surface area contributed by atoms with Crippen LogP contribution in [0.15, 0.2) is 18.5 Å². The Morgan fingerprint density at radius 1 is 1.33 bits per heavy atom. The van der Waals surface area contributed by atoms with Crippen molar-refractivity contribution >= 4 is 23.4 Å². The fourth-order valence-electron chi connectivity index (χ4n) is 0.958. The average molecular weight is 230 g/mol. The van der Waals surface area contributed by atoms with Gasteiger partial charge in [0.2, 0.25) is 11.8 Å². The maximum Gasteiger partial charge on any atom is 0.239 e. The molecule has 5 nitrogen and oxygen atoms in total. The molecule has 0 aliphatic rings. The van der Waals surface area contributed by atoms with Crippen molar-refractivity contribution in [1.29, 1.82) is 0 Å². The Hall–Kier alpha value is -1.49. The third kappa shape index (κ3) is 4.51. The van der Waals surface area contributed by atoms with Gasteiger partial charge in [0.15, 0.2) is 0 Å². The second kappa shape index (κ2) is 6.08. The summed E-state index contributed by atoms with van der Waals surface area (Å²) in [7, 11) is 0. The highest BCUT2D eigenvalue weighted by atomic mass is 35.5. The maximum absolute atomic E-state index is 11.2. The molecule has 0 aromatic carbocycles. The van der Waals surface area contributed by atoms with Crippen molar-refractivity contribution < 1.29 is 9.59 Å². The molecule has 0 atom stereocenters. The van der Waals surface area contributed by atoms with Crippen LogP contribution in [0.5, 0.6) is 0 Å². The van der Waals surface area contributed by atoms with Crippen molar-refractivity contribution in [3.05, 3.63) is 24.0 Å². The number of hydrogen-bond acceptors (Lipinski definition) is 2. The topological polar surface area (TPSA) is 74.0 Å². The Morgan fingerprint density at radius 2 is 2.13 bits per heavy atom. The van der Waals surface area contributed by atoms with Crippen LogP contribution in [0, 0.1) is 0 Å². The maximum atomic E-state index is 11.2. The van der Waals surface area contributed by atoms with E-state index in [-0.39, 0.29) is 24.2 Å². The van der Waals surface area contributed by atoms with E-state index in [0.29, 0.717) is 6.54 Å². The summed E-state index contributed by atoms with van der Waals surface area (Å²) < 4.78 is 0. The first kappa shape index (κ1) is 11.6. The lowest BCUT2D eigenvalue weighted by Crippen LogP contribution is -2.37. The lowest BCUT2D eigenvalue weighted by Gasteiger charge is -2.04. The lowest BCUT2D eigenvalue weighted by atomic mass is 10.3. The standard InChI is InChI=1S/C9H12ClN3O2/c10-3-8(14)13-6-9(15)12-5-7-1-2-11-4-7/h1-2,4,11H,3,5-6H2,(H,12,15)(H,13,14). The van der Waals surface area contributed by atoms with Gasteiger partial charge in [0.05, 0.1) is 6.54 Å². The molecule has 0 unspecified atom stereocenters. The molecule has 0 saturated carbocycles. The van der Waals surface area contributed by atoms with Gasteiger partial charge in [-0.2, -0.15) is 0 Å². The molecule has 3 N–H and O–H groups in total. The van der Waals surface area contributed by atoms with E-state index in [0.717, 1.165) is 5.56 Å². The summed E-state index contributed by atoms with van der Waals surface area (Å²) >= 11 is 5.25. The number of aromatic amines is 1. The van der Waals surface area contributed by atoms with Gasteiger partial charge in [-0.1, -0.05) is 0 Å². The number of halogens is 1. The molecule has 0 aliphatic heterocycles. The molecule has 0 saturated heterocycles. The lowest BCUT2D eigenvalue weighted by molar-refractivity contribution is -0.124. The number of hydrogen-bond donors (Lipinski definition) is 3. The summed E-state index contributed by atoms with van der Waals surface area (Å²) in [5.74, 6) is -0.728. The molecule has 0 bridgehead atoms. The number of alkyl halides is 1. The average Bonchev–Trinajstić information content (AvgIpc) is 2.75. The molecular weight excluding hydrogens is 218 g/mol. The van der Waals surface area contributed by atoms with Crippen molar-refractivity contribution in [3.8, 4) is 0 Å². The first-order valence-electron chi connectivity index (χ1n) is 4.43. The summed E-state index contributed by atoms with van der Waals surface area (Å²) in [6, 6.07) is 1.86. The van der Waals surface area contributed by atoms with E-state index < -0.39 is 0 Å². The van der Waals surface area contributed by atoms with Crippen LogP contribution in [0.2, 0.25) is 0 Å². The van der Waals surface area contributed by atoms with E-state index in [1.165, 1.54) is 0 Å². The fraction of sp³-hybridized carbons (Fsp3) is 0.333. The summed E-state index contributed by atoms with van der Waals surface area (Å²) in [6.07, 6.45) is 3.56. The predicted molar refractivity (Wildman–Crippen MR) is 56.4 cm³/mol. The van der Waals surface area contributed by atoms with Crippen LogP contribution >= 0.6 is 11.6 Å². The van der Waals surface area contributed by atoms with Crippen LogP contribution in [-0.4, -0.2) is 29.2 Å². The first-order valence-corrected chi connectivity index (χ1v) is 4.97. The molecule has 15 heavy (non-hydrogen) atoms. The van der Waals surface area contributed by atoms with Gasteiger partial charge in [-0.15, -0.1) is 11.6 Å². The second-order valence-corrected chi connectivity index (χ2v) is 3.17. The van der Waals surface area contributed by atoms with Gasteiger partial charge in [0, 0.05) is 18.9 Å². The smallest absolute Gasteiger partial charge is 0.239 e. The largest absolute Gasteiger partial charge is 0.367 e. The number of H-pyrrole nitrogens is 1. The van der Waals surface area contributed by atoms with Gasteiger partial charge in [-0.05, 0) is 11.6 Å². The zero-order chi connectivity index (χ0) is 11.1. The Kier molecular flexibility index (Phi) is 4.70. The van der Waals surface area contributed by atoms with Crippen molar-refractivity contribution in [3.63, 3.8) is 0 Å². The molecule has 0 spiro atoms. The van der Waals surface area contributed by atoms with Gasteiger partial charge < -0.3 is 15.6 Å². The first-order chi connectivity index (χ1) is 7.22. The highest BCUT2D eigenvalue weighted by molar-refractivity contribution is 6.27. The molecule has 82 valence electrons. The number of rotatable bonds is 5. The van der Waals surface area contributed by atoms with Crippen LogP contribution in [0.4, 0.5) is 0 Å². The number of aromatic nitrogens is 1. The highest BCUT2D eigenvalue weighted by Crippen LogP contribution is 1.94. The van der Waals surface area contributed by atoms with Crippen molar-refractivity contribution in [2.24, 2.45) is 0 Å². The van der Waals surface area contributed by atoms with Gasteiger partial charge in [-0.3, -0.25) is 9.59 Å². The van der Waals surface area contributed by atoms with E-state index in [1.807, 2.05) is 6.07 Å². The quantitative estimate of drug-likeness (QED) is 0.621. The molecule has 1 aromatic rings. The minimum absolute atomic E-state index is 0.0457. The van der Waals surface area contributed by atoms with E-state index in [1.54, 1.807) is 12.4 Å². The molecule has 2 amide bonds. The van der Waals surface area contributed by atoms with Crippen LogP contribution in [0.3, 0.4) is 0 Å². The van der Waals surface area contributed by atoms with Crippen molar-refractivity contribution in [2.45, 2.75) is 6.54 Å². The summed E-state index contributed by atoms with van der Waals surface area (Å²) in [6.45, 7) is 0.398. The molecule has 0 radical (unpaired) electrons. The van der Waals surface area contributed by atoms with Crippen LogP contribution < -0.4 is 10.6 Å². The van der Waals surface area contributed by atoms with Crippen LogP contribution in [-0.2, 0) is 16.1 Å². The van der Waals surface area contributed by atoms with Crippen molar-refractivity contribution in [2.75, 3.05) is 12.4 Å².